The van der Waals surface area contributed by atoms with Crippen LogP contribution in [0.25, 0.3) is 0 Å². The monoisotopic (exact) mass is 167 g/mol. The van der Waals surface area contributed by atoms with Crippen LogP contribution in [0.2, 0.25) is 0 Å². The maximum Gasteiger partial charge on any atom is 0.269 e. The van der Waals surface area contributed by atoms with Gasteiger partial charge in [-0.3, -0.25) is 0 Å². The number of nitrogens with zero attached hydrogens (tertiary/aromatic N) is 2. The van der Waals surface area contributed by atoms with Crippen molar-refractivity contribution in [2.45, 2.75) is 0 Å². The summed E-state index contributed by atoms with van der Waals surface area (Å²) in [5, 5.41) is 11.3. The Balaban J connectivity index is 3.19. The second-order valence-electron chi connectivity index (χ2n) is 2.32. The molecule has 0 bridgehead atoms. The van der Waals surface area contributed by atoms with Crippen molar-refractivity contribution in [1.82, 2.24) is 0 Å². The van der Waals surface area contributed by atoms with Gasteiger partial charge in [0, 0.05) is 6.07 Å². The molecular weight excluding hydrogens is 156 g/mol. The van der Waals surface area contributed by atoms with E-state index < -0.39 is 0 Å². The Morgan fingerprint density at radius 3 is 3.00 bits per heavy atom. The van der Waals surface area contributed by atoms with Crippen LogP contribution in [0.5, 0.6) is 5.75 Å². The van der Waals surface area contributed by atoms with Crippen molar-refractivity contribution in [3.63, 3.8) is 0 Å². The fourth-order valence-electron chi connectivity index (χ4n) is 0.981. The number of ether oxygens (including phenoxy) is 1. The summed E-state index contributed by atoms with van der Waals surface area (Å²) in [6.07, 6.45) is 3.18. The van der Waals surface area contributed by atoms with Gasteiger partial charge in [-0.05, 0) is 6.07 Å². The molecule has 4 nitrogen and oxygen atoms in total. The number of methoxy groups -OCH3 is 1. The predicted octanol–water partition coefficient (Wildman–Crippen LogP) is 0.328. The fourth-order valence-corrected chi connectivity index (χ4v) is 0.981. The van der Waals surface area contributed by atoms with Crippen LogP contribution in [0.15, 0.2) is 23.5 Å². The molecule has 0 aliphatic carbocycles. The van der Waals surface area contributed by atoms with Crippen molar-refractivity contribution in [3.8, 4) is 5.75 Å². The Bertz CT molecular complexity index is 297. The molecule has 1 aromatic heterocycles. The highest BCUT2D eigenvalue weighted by Gasteiger charge is 2.10. The van der Waals surface area contributed by atoms with E-state index in [0.717, 1.165) is 5.69 Å². The SMILES string of the molecule is COc1ccc[n+](C)c1C=NO. The van der Waals surface area contributed by atoms with E-state index in [2.05, 4.69) is 5.16 Å². The lowest BCUT2D eigenvalue weighted by Crippen LogP contribution is -2.33. The van der Waals surface area contributed by atoms with E-state index in [-0.39, 0.29) is 0 Å². The summed E-state index contributed by atoms with van der Waals surface area (Å²) in [6, 6.07) is 3.66. The van der Waals surface area contributed by atoms with Gasteiger partial charge in [0.25, 0.3) is 5.69 Å². The molecular formula is C8H11N2O2+. The van der Waals surface area contributed by atoms with E-state index in [1.807, 2.05) is 19.3 Å². The number of hydrogen-bond donors (Lipinski definition) is 1. The van der Waals surface area contributed by atoms with Crippen LogP contribution >= 0.6 is 0 Å². The highest BCUT2D eigenvalue weighted by Crippen LogP contribution is 2.09. The van der Waals surface area contributed by atoms with Crippen molar-refractivity contribution < 1.29 is 14.5 Å². The summed E-state index contributed by atoms with van der Waals surface area (Å²) in [4.78, 5) is 0. The predicted molar refractivity (Wildman–Crippen MR) is 43.6 cm³/mol. The molecule has 0 atom stereocenters. The van der Waals surface area contributed by atoms with Gasteiger partial charge in [0.05, 0.1) is 7.11 Å². The Morgan fingerprint density at radius 2 is 2.42 bits per heavy atom. The quantitative estimate of drug-likeness (QED) is 0.298. The molecule has 4 heteroatoms. The number of rotatable bonds is 2. The second-order valence-corrected chi connectivity index (χ2v) is 2.32. The third kappa shape index (κ3) is 1.53. The number of oxime groups is 1. The minimum absolute atomic E-state index is 0.679. The molecule has 64 valence electrons. The van der Waals surface area contributed by atoms with Crippen LogP contribution in [-0.4, -0.2) is 18.5 Å². The van der Waals surface area contributed by atoms with Gasteiger partial charge < -0.3 is 9.94 Å². The Morgan fingerprint density at radius 1 is 1.67 bits per heavy atom. The summed E-state index contributed by atoms with van der Waals surface area (Å²) in [6.45, 7) is 0. The number of aromatic nitrogens is 1. The topological polar surface area (TPSA) is 45.7 Å². The van der Waals surface area contributed by atoms with Crippen molar-refractivity contribution in [2.24, 2.45) is 12.2 Å². The molecule has 12 heavy (non-hydrogen) atoms. The van der Waals surface area contributed by atoms with E-state index in [9.17, 15) is 0 Å². The Hall–Kier alpha value is -1.58. The first kappa shape index (κ1) is 8.52. The van der Waals surface area contributed by atoms with Crippen molar-refractivity contribution >= 4 is 6.21 Å². The maximum absolute atomic E-state index is 8.36. The summed E-state index contributed by atoms with van der Waals surface area (Å²) < 4.78 is 6.86. The van der Waals surface area contributed by atoms with Crippen molar-refractivity contribution in [2.75, 3.05) is 7.11 Å². The van der Waals surface area contributed by atoms with Gasteiger partial charge in [-0.2, -0.15) is 4.57 Å². The standard InChI is InChI=1S/C8H10N2O2/c1-10-5-3-4-8(12-2)7(10)6-9-11/h3-6H,1-2H3/p+1. The van der Waals surface area contributed by atoms with Gasteiger partial charge in [0.1, 0.15) is 13.3 Å². The van der Waals surface area contributed by atoms with Crippen LogP contribution in [0.1, 0.15) is 5.69 Å². The van der Waals surface area contributed by atoms with Crippen LogP contribution < -0.4 is 9.30 Å². The first-order valence-corrected chi connectivity index (χ1v) is 3.49. The van der Waals surface area contributed by atoms with Gasteiger partial charge in [-0.25, -0.2) is 0 Å². The van der Waals surface area contributed by atoms with Crippen LogP contribution in [0.4, 0.5) is 0 Å². The third-order valence-electron chi connectivity index (χ3n) is 1.59. The van der Waals surface area contributed by atoms with E-state index in [1.54, 1.807) is 17.7 Å². The average molecular weight is 167 g/mol. The summed E-state index contributed by atoms with van der Waals surface area (Å²) in [5.74, 6) is 0.679. The fraction of sp³-hybridized carbons (Fsp3) is 0.250. The lowest BCUT2D eigenvalue weighted by molar-refractivity contribution is -0.672. The molecule has 1 heterocycles. The highest BCUT2D eigenvalue weighted by molar-refractivity contribution is 5.78. The smallest absolute Gasteiger partial charge is 0.269 e. The molecule has 0 fully saturated rings. The molecule has 0 aromatic carbocycles. The minimum atomic E-state index is 0.679. The first-order valence-electron chi connectivity index (χ1n) is 3.49. The van der Waals surface area contributed by atoms with Gasteiger partial charge in [-0.1, -0.05) is 5.16 Å². The normalized spacial score (nSPS) is 10.5. The molecule has 0 amide bonds. The zero-order chi connectivity index (χ0) is 8.97. The molecule has 0 saturated carbocycles. The van der Waals surface area contributed by atoms with E-state index >= 15 is 0 Å². The summed E-state index contributed by atoms with van der Waals surface area (Å²) in [7, 11) is 3.42. The molecule has 0 aliphatic heterocycles. The van der Waals surface area contributed by atoms with E-state index in [4.69, 9.17) is 9.94 Å². The van der Waals surface area contributed by atoms with Crippen LogP contribution in [0.3, 0.4) is 0 Å². The van der Waals surface area contributed by atoms with Gasteiger partial charge in [-0.15, -0.1) is 0 Å². The molecule has 0 radical (unpaired) electrons. The number of hydrogen-bond acceptors (Lipinski definition) is 3. The Labute approximate surface area is 70.7 Å². The van der Waals surface area contributed by atoms with Gasteiger partial charge in [0.2, 0.25) is 0 Å². The number of aryl methyl sites for hydroxylation is 1. The average Bonchev–Trinajstić information content (AvgIpc) is 2.09. The minimum Gasteiger partial charge on any atom is -0.490 e. The summed E-state index contributed by atoms with van der Waals surface area (Å²) >= 11 is 0. The summed E-state index contributed by atoms with van der Waals surface area (Å²) in [5.41, 5.74) is 0.725. The van der Waals surface area contributed by atoms with Crippen LogP contribution in [0, 0.1) is 0 Å². The maximum atomic E-state index is 8.36. The molecule has 1 N–H and O–H groups in total. The molecule has 0 unspecified atom stereocenters. The molecule has 0 spiro atoms. The molecule has 0 saturated heterocycles. The van der Waals surface area contributed by atoms with Crippen molar-refractivity contribution in [3.05, 3.63) is 24.0 Å². The number of pyridine rings is 1. The van der Waals surface area contributed by atoms with Crippen LogP contribution in [-0.2, 0) is 7.05 Å². The molecule has 1 rings (SSSR count). The molecule has 1 aromatic rings. The van der Waals surface area contributed by atoms with Gasteiger partial charge in [0.15, 0.2) is 11.9 Å². The van der Waals surface area contributed by atoms with Gasteiger partial charge >= 0.3 is 0 Å². The Kier molecular flexibility index (Phi) is 2.63. The zero-order valence-corrected chi connectivity index (χ0v) is 7.06. The third-order valence-corrected chi connectivity index (χ3v) is 1.59. The second kappa shape index (κ2) is 3.71. The van der Waals surface area contributed by atoms with E-state index in [0.29, 0.717) is 5.75 Å². The highest BCUT2D eigenvalue weighted by atomic mass is 16.5. The van der Waals surface area contributed by atoms with E-state index in [1.165, 1.54) is 6.21 Å². The zero-order valence-electron chi connectivity index (χ0n) is 7.06. The molecule has 0 aliphatic rings. The lowest BCUT2D eigenvalue weighted by atomic mass is 10.3. The lowest BCUT2D eigenvalue weighted by Gasteiger charge is -1.99. The largest absolute Gasteiger partial charge is 0.490 e. The first-order chi connectivity index (χ1) is 5.79. The van der Waals surface area contributed by atoms with Crippen molar-refractivity contribution in [1.29, 1.82) is 0 Å².